The Morgan fingerprint density at radius 3 is 0.483 bits per heavy atom. The normalized spacial score (nSPS) is 15.3. The second-order valence-electron chi connectivity index (χ2n) is 39.3. The van der Waals surface area contributed by atoms with Gasteiger partial charge in [0.05, 0.1) is 105 Å². The van der Waals surface area contributed by atoms with Gasteiger partial charge in [-0.15, -0.1) is 0 Å². The Morgan fingerprint density at radius 1 is 0.212 bits per heavy atom. The van der Waals surface area contributed by atoms with Crippen molar-refractivity contribution >= 4 is 105 Å². The van der Waals surface area contributed by atoms with Crippen LogP contribution >= 0.6 is 94.1 Å². The van der Waals surface area contributed by atoms with Crippen LogP contribution in [-0.2, 0) is 43.3 Å². The van der Waals surface area contributed by atoms with Gasteiger partial charge in [-0.1, -0.05) is 297 Å². The minimum Gasteiger partial charge on any atom is -0.506 e. The zero-order valence-corrected chi connectivity index (χ0v) is 79.8. The molecule has 118 heavy (non-hydrogen) atoms. The maximum Gasteiger partial charge on any atom is 0.147 e. The second kappa shape index (κ2) is 34.4. The second-order valence-corrected chi connectivity index (χ2v) is 48.0. The van der Waals surface area contributed by atoms with Gasteiger partial charge in [-0.3, -0.25) is 0 Å². The molecule has 20 bridgehead atoms. The number of phenolic OH excluding ortho intramolecular Hbond substituents is 4. The highest BCUT2D eigenvalue weighted by Crippen LogP contribution is 2.60. The molecule has 10 aromatic carbocycles. The summed E-state index contributed by atoms with van der Waals surface area (Å²) in [5.74, 6) is 3.18. The number of hydrogen-bond acceptors (Lipinski definition) is 18. The molecule has 18 heteroatoms. The van der Waals surface area contributed by atoms with Crippen molar-refractivity contribution in [2.75, 3.05) is 62.4 Å². The molecule has 624 valence electrons. The lowest BCUT2D eigenvalue weighted by atomic mass is 9.87. The quantitative estimate of drug-likeness (QED) is 0.123. The van der Waals surface area contributed by atoms with Crippen LogP contribution in [0.3, 0.4) is 0 Å². The van der Waals surface area contributed by atoms with Gasteiger partial charge >= 0.3 is 0 Å². The largest absolute Gasteiger partial charge is 0.506 e. The first kappa shape index (κ1) is 88.8. The highest BCUT2D eigenvalue weighted by molar-refractivity contribution is 8.02. The summed E-state index contributed by atoms with van der Waals surface area (Å²) < 4.78 is 30.1. The first-order chi connectivity index (χ1) is 55.1. The lowest BCUT2D eigenvalue weighted by Crippen LogP contribution is -2.32. The molecule has 10 nitrogen and oxygen atoms in total. The fourth-order valence-corrected chi connectivity index (χ4v) is 23.0. The van der Waals surface area contributed by atoms with Crippen LogP contribution in [0.4, 0.5) is 11.4 Å². The number of hydrogen-bond donors (Lipinski definition) is 4. The van der Waals surface area contributed by atoms with E-state index >= 15 is 0 Å². The van der Waals surface area contributed by atoms with Crippen LogP contribution in [-0.4, -0.2) is 73.0 Å². The van der Waals surface area contributed by atoms with E-state index in [1.807, 2.05) is 12.1 Å². The van der Waals surface area contributed by atoms with E-state index in [0.717, 1.165) is 95.0 Å². The van der Waals surface area contributed by atoms with Crippen molar-refractivity contribution in [3.8, 4) is 46.0 Å². The molecule has 0 spiro atoms. The van der Waals surface area contributed by atoms with Crippen LogP contribution in [0.15, 0.2) is 236 Å². The van der Waals surface area contributed by atoms with Crippen LogP contribution in [0.25, 0.3) is 0 Å². The Kier molecular flexibility index (Phi) is 25.9. The summed E-state index contributed by atoms with van der Waals surface area (Å²) >= 11 is 12.1. The third-order valence-electron chi connectivity index (χ3n) is 21.6. The SMILES string of the molecule is CC(C)(C)c1cc2c(O)c(c1)Sc1cc(C(C)(C)C)cc3c1OCCN(c1ccccc1)CCOc1c4cc(C(C)(C)C)cc1Sc1cc(C(C)(C)C)cc(c1O)Sc1cc(C(C)(C)C)cc(c1OCCN(c1ccccc1)CCOc1c(cc(C(C)(C)C)cc1Sc1cc(C(C)(C)C)cc(c1O)S3)S2)Sc1cc(C(C)(C)C)cc(c1O)S4. The van der Waals surface area contributed by atoms with Gasteiger partial charge in [0.1, 0.15) is 72.4 Å². The smallest absolute Gasteiger partial charge is 0.147 e. The standard InChI is InChI=1S/C100H118N2O8S8/c1-93(2,3)59-43-69-85(103)70(44-59)112-78-52-64(98(16,17)18)54-80-90(78)108-40-36-102(68-33-29-26-30-34-68)38-42-110-92-82-56-66(100(22,23)24)58-84(92)118-76-50-62(96(10,11)12)49-75(88(76)106)117-83-57-65(99(19,20)21)55-81(115-73-47-61(95(7,8)9)48-74(116-82)87(73)105)91(83)109-41-37-101(67-31-27-25-28-32-67)35-39-107-89-77(111-69)51-63(97(13,14)15)53-79(89)113-71-45-60(94(4,5)6)46-72(114-80)86(71)104/h25-34,43-58,103-106H,35-42H2,1-24H3. The molecule has 0 amide bonds. The molecule has 10 aromatic rings. The number of rotatable bonds is 2. The summed E-state index contributed by atoms with van der Waals surface area (Å²) in [4.78, 5) is 16.7. The summed E-state index contributed by atoms with van der Waals surface area (Å²) in [6.07, 6.45) is 0. The molecule has 4 heterocycles. The van der Waals surface area contributed by atoms with Crippen LogP contribution in [0.1, 0.15) is 211 Å². The zero-order chi connectivity index (χ0) is 85.3. The van der Waals surface area contributed by atoms with Crippen LogP contribution in [0.5, 0.6) is 46.0 Å². The topological polar surface area (TPSA) is 124 Å². The average molecular weight is 1730 g/mol. The molecule has 0 aromatic heterocycles. The van der Waals surface area contributed by atoms with E-state index in [0.29, 0.717) is 88.3 Å². The number of aromatic hydroxyl groups is 4. The molecule has 4 aliphatic rings. The number of para-hydroxylation sites is 2. The Balaban J connectivity index is 1.08. The van der Waals surface area contributed by atoms with Crippen molar-refractivity contribution in [2.24, 2.45) is 0 Å². The number of fused-ring (bicyclic) bond motifs is 14. The first-order valence-electron chi connectivity index (χ1n) is 40.9. The molecule has 0 saturated heterocycles. The van der Waals surface area contributed by atoms with Gasteiger partial charge in [0.25, 0.3) is 0 Å². The van der Waals surface area contributed by atoms with Gasteiger partial charge in [0.15, 0.2) is 0 Å². The molecule has 4 aliphatic heterocycles. The number of benzene rings is 10. The van der Waals surface area contributed by atoms with E-state index in [1.54, 1.807) is 0 Å². The van der Waals surface area contributed by atoms with Crippen molar-refractivity contribution in [2.45, 2.75) is 288 Å². The summed E-state index contributed by atoms with van der Waals surface area (Å²) in [5.41, 5.74) is 7.75. The van der Waals surface area contributed by atoms with Crippen LogP contribution < -0.4 is 28.7 Å². The summed E-state index contributed by atoms with van der Waals surface area (Å²) in [6.45, 7) is 56.1. The highest BCUT2D eigenvalue weighted by Gasteiger charge is 2.35. The molecule has 0 aliphatic carbocycles. The summed E-state index contributed by atoms with van der Waals surface area (Å²) in [6, 6.07) is 55.9. The fourth-order valence-electron chi connectivity index (χ4n) is 13.9. The highest BCUT2D eigenvalue weighted by atomic mass is 32.2. The fraction of sp³-hybridized carbons (Fsp3) is 0.400. The van der Waals surface area contributed by atoms with Gasteiger partial charge in [-0.05, 0) is 209 Å². The van der Waals surface area contributed by atoms with Crippen molar-refractivity contribution in [3.05, 3.63) is 202 Å². The Hall–Kier alpha value is -7.00. The molecule has 0 fully saturated rings. The Bertz CT molecular complexity index is 4580. The van der Waals surface area contributed by atoms with Crippen LogP contribution in [0.2, 0.25) is 0 Å². The summed E-state index contributed by atoms with van der Waals surface area (Å²) in [5, 5.41) is 53.5. The van der Waals surface area contributed by atoms with E-state index in [9.17, 15) is 20.4 Å². The molecular weight excluding hydrogens is 1610 g/mol. The maximum atomic E-state index is 13.4. The third kappa shape index (κ3) is 20.5. The van der Waals surface area contributed by atoms with Crippen molar-refractivity contribution < 1.29 is 39.4 Å². The van der Waals surface area contributed by atoms with E-state index in [-0.39, 0.29) is 92.7 Å². The van der Waals surface area contributed by atoms with Gasteiger partial charge in [0, 0.05) is 11.4 Å². The first-order valence-corrected chi connectivity index (χ1v) is 47.4. The van der Waals surface area contributed by atoms with Gasteiger partial charge < -0.3 is 49.2 Å². The van der Waals surface area contributed by atoms with E-state index < -0.39 is 0 Å². The molecule has 4 N–H and O–H groups in total. The minimum absolute atomic E-state index is 0.157. The van der Waals surface area contributed by atoms with Crippen LogP contribution in [0, 0.1) is 0 Å². The average Bonchev–Trinajstić information content (AvgIpc) is 0.764. The predicted molar refractivity (Wildman–Crippen MR) is 500 cm³/mol. The molecule has 14 rings (SSSR count). The number of ether oxygens (including phenoxy) is 4. The van der Waals surface area contributed by atoms with Crippen molar-refractivity contribution in [1.29, 1.82) is 0 Å². The van der Waals surface area contributed by atoms with E-state index in [1.165, 1.54) is 94.1 Å². The molecule has 0 radical (unpaired) electrons. The maximum absolute atomic E-state index is 13.4. The number of phenols is 4. The molecule has 0 unspecified atom stereocenters. The number of anilines is 2. The van der Waals surface area contributed by atoms with Crippen molar-refractivity contribution in [1.82, 2.24) is 0 Å². The van der Waals surface area contributed by atoms with Crippen molar-refractivity contribution in [3.63, 3.8) is 0 Å². The lowest BCUT2D eigenvalue weighted by Gasteiger charge is -2.29. The third-order valence-corrected chi connectivity index (χ3v) is 30.0. The molecule has 0 atom stereocenters. The lowest BCUT2D eigenvalue weighted by molar-refractivity contribution is 0.289. The van der Waals surface area contributed by atoms with Gasteiger partial charge in [-0.2, -0.15) is 0 Å². The Morgan fingerprint density at radius 2 is 0.347 bits per heavy atom. The monoisotopic (exact) mass is 1730 g/mol. The van der Waals surface area contributed by atoms with E-state index in [4.69, 9.17) is 18.9 Å². The zero-order valence-electron chi connectivity index (χ0n) is 73.3. The predicted octanol–water partition coefficient (Wildman–Crippen LogP) is 29.0. The minimum atomic E-state index is -0.340. The summed E-state index contributed by atoms with van der Waals surface area (Å²) in [7, 11) is 0. The number of nitrogens with zero attached hydrogens (tertiary/aromatic N) is 2. The van der Waals surface area contributed by atoms with E-state index in [2.05, 4.69) is 322 Å². The molecular formula is C100H118N2O8S8. The van der Waals surface area contributed by atoms with Gasteiger partial charge in [0.2, 0.25) is 0 Å². The van der Waals surface area contributed by atoms with Gasteiger partial charge in [-0.25, -0.2) is 0 Å². The molecule has 0 saturated carbocycles. The Labute approximate surface area is 737 Å².